The molecule has 0 bridgehead atoms. The fourth-order valence-electron chi connectivity index (χ4n) is 2.60. The van der Waals surface area contributed by atoms with Gasteiger partial charge in [0, 0.05) is 20.1 Å². The van der Waals surface area contributed by atoms with Crippen LogP contribution in [0.3, 0.4) is 0 Å². The summed E-state index contributed by atoms with van der Waals surface area (Å²) in [6.45, 7) is 12.4. The number of rotatable bonds is 9. The summed E-state index contributed by atoms with van der Waals surface area (Å²) in [6.07, 6.45) is 2.07. The van der Waals surface area contributed by atoms with Gasteiger partial charge in [-0.1, -0.05) is 38.1 Å². The van der Waals surface area contributed by atoms with Crippen LogP contribution in [0.4, 0.5) is 0 Å². The van der Waals surface area contributed by atoms with Gasteiger partial charge in [-0.2, -0.15) is 0 Å². The second kappa shape index (κ2) is 10.8. The molecule has 1 aromatic rings. The van der Waals surface area contributed by atoms with E-state index in [-0.39, 0.29) is 5.91 Å². The average Bonchev–Trinajstić information content (AvgIpc) is 2.62. The Bertz CT molecular complexity index is 576. The lowest BCUT2D eigenvalue weighted by Gasteiger charge is -2.21. The van der Waals surface area contributed by atoms with Gasteiger partial charge < -0.3 is 16.0 Å². The van der Waals surface area contributed by atoms with Gasteiger partial charge in [-0.05, 0) is 50.7 Å². The van der Waals surface area contributed by atoms with Crippen molar-refractivity contribution in [3.05, 3.63) is 35.4 Å². The molecule has 5 nitrogen and oxygen atoms in total. The predicted molar refractivity (Wildman–Crippen MR) is 111 cm³/mol. The van der Waals surface area contributed by atoms with Gasteiger partial charge in [-0.25, -0.2) is 0 Å². The summed E-state index contributed by atoms with van der Waals surface area (Å²) in [6, 6.07) is 8.89. The molecule has 26 heavy (non-hydrogen) atoms. The molecule has 0 saturated heterocycles. The van der Waals surface area contributed by atoms with Gasteiger partial charge in [0.15, 0.2) is 5.96 Å². The Kier molecular flexibility index (Phi) is 9.17. The molecule has 0 spiro atoms. The van der Waals surface area contributed by atoms with Crippen LogP contribution in [0.1, 0.15) is 58.1 Å². The largest absolute Gasteiger partial charge is 0.359 e. The molecule has 0 fully saturated rings. The quantitative estimate of drug-likeness (QED) is 0.360. The highest BCUT2D eigenvalue weighted by molar-refractivity contribution is 5.83. The summed E-state index contributed by atoms with van der Waals surface area (Å²) in [7, 11) is 1.66. The molecule has 1 amide bonds. The van der Waals surface area contributed by atoms with Crippen molar-refractivity contribution in [2.75, 3.05) is 26.7 Å². The highest BCUT2D eigenvalue weighted by Gasteiger charge is 2.26. The minimum atomic E-state index is -0.519. The summed E-state index contributed by atoms with van der Waals surface area (Å²) in [5, 5.41) is 9.29. The first-order valence-electron chi connectivity index (χ1n) is 9.63. The molecule has 0 aliphatic carbocycles. The van der Waals surface area contributed by atoms with E-state index in [1.165, 1.54) is 11.1 Å². The Morgan fingerprint density at radius 1 is 1.15 bits per heavy atom. The lowest BCUT2D eigenvalue weighted by atomic mass is 9.93. The summed E-state index contributed by atoms with van der Waals surface area (Å²) in [5.41, 5.74) is 2.22. The second-order valence-corrected chi connectivity index (χ2v) is 7.58. The van der Waals surface area contributed by atoms with Gasteiger partial charge in [0.1, 0.15) is 0 Å². The molecule has 0 aliphatic heterocycles. The molecule has 0 saturated carbocycles. The van der Waals surface area contributed by atoms with Crippen molar-refractivity contribution in [1.29, 1.82) is 0 Å². The van der Waals surface area contributed by atoms with Crippen LogP contribution >= 0.6 is 0 Å². The SMILES string of the molecule is CCNC(=NCC(C)(C)C(=O)NC)NCCCc1ccc(C(C)C)cc1. The molecule has 5 heteroatoms. The number of carbonyl (C=O) groups is 1. The van der Waals surface area contributed by atoms with Gasteiger partial charge in [0.05, 0.1) is 12.0 Å². The lowest BCUT2D eigenvalue weighted by molar-refractivity contribution is -0.128. The van der Waals surface area contributed by atoms with Crippen LogP contribution in [-0.4, -0.2) is 38.5 Å². The Balaban J connectivity index is 2.48. The fraction of sp³-hybridized carbons (Fsp3) is 0.619. The Morgan fingerprint density at radius 2 is 1.81 bits per heavy atom. The molecule has 3 N–H and O–H groups in total. The van der Waals surface area contributed by atoms with Crippen LogP contribution in [0.15, 0.2) is 29.3 Å². The fourth-order valence-corrected chi connectivity index (χ4v) is 2.60. The number of hydrogen-bond acceptors (Lipinski definition) is 2. The summed E-state index contributed by atoms with van der Waals surface area (Å²) in [4.78, 5) is 16.4. The van der Waals surface area contributed by atoms with Crippen LogP contribution in [-0.2, 0) is 11.2 Å². The van der Waals surface area contributed by atoms with E-state index in [2.05, 4.69) is 59.1 Å². The first-order chi connectivity index (χ1) is 12.3. The molecule has 0 unspecified atom stereocenters. The molecule has 1 rings (SSSR count). The zero-order valence-corrected chi connectivity index (χ0v) is 17.3. The zero-order valence-electron chi connectivity index (χ0n) is 17.3. The third-order valence-electron chi connectivity index (χ3n) is 4.40. The lowest BCUT2D eigenvalue weighted by Crippen LogP contribution is -2.41. The molecular formula is C21H36N4O. The van der Waals surface area contributed by atoms with E-state index in [9.17, 15) is 4.79 Å². The first kappa shape index (κ1) is 22.0. The molecular weight excluding hydrogens is 324 g/mol. The van der Waals surface area contributed by atoms with Crippen LogP contribution < -0.4 is 16.0 Å². The van der Waals surface area contributed by atoms with E-state index in [1.54, 1.807) is 7.05 Å². The van der Waals surface area contributed by atoms with Crippen molar-refractivity contribution in [1.82, 2.24) is 16.0 Å². The highest BCUT2D eigenvalue weighted by atomic mass is 16.2. The number of guanidine groups is 1. The van der Waals surface area contributed by atoms with E-state index in [1.807, 2.05) is 20.8 Å². The Hall–Kier alpha value is -2.04. The standard InChI is InChI=1S/C21H36N4O/c1-7-23-20(25-15-21(4,5)19(26)22-6)24-14-8-9-17-10-12-18(13-11-17)16(2)3/h10-13,16H,7-9,14-15H2,1-6H3,(H,22,26)(H2,23,24,25). The number of carbonyl (C=O) groups excluding carboxylic acids is 1. The second-order valence-electron chi connectivity index (χ2n) is 7.58. The minimum absolute atomic E-state index is 0.00180. The normalized spacial score (nSPS) is 12.2. The van der Waals surface area contributed by atoms with Gasteiger partial charge in [0.2, 0.25) is 5.91 Å². The summed E-state index contributed by atoms with van der Waals surface area (Å²) in [5.74, 6) is 1.34. The number of aliphatic imine (C=N–C) groups is 1. The number of hydrogen-bond donors (Lipinski definition) is 3. The van der Waals surface area contributed by atoms with Crippen molar-refractivity contribution in [3.8, 4) is 0 Å². The zero-order chi connectivity index (χ0) is 19.6. The maximum Gasteiger partial charge on any atom is 0.227 e. The van der Waals surface area contributed by atoms with Crippen molar-refractivity contribution in [3.63, 3.8) is 0 Å². The topological polar surface area (TPSA) is 65.5 Å². The molecule has 0 aliphatic rings. The third kappa shape index (κ3) is 7.46. The molecule has 146 valence electrons. The van der Waals surface area contributed by atoms with Crippen LogP contribution in [0.25, 0.3) is 0 Å². The molecule has 0 heterocycles. The van der Waals surface area contributed by atoms with E-state index in [0.29, 0.717) is 12.5 Å². The number of amides is 1. The third-order valence-corrected chi connectivity index (χ3v) is 4.40. The highest BCUT2D eigenvalue weighted by Crippen LogP contribution is 2.16. The van der Waals surface area contributed by atoms with E-state index in [4.69, 9.17) is 0 Å². The number of benzene rings is 1. The molecule has 0 aromatic heterocycles. The van der Waals surface area contributed by atoms with Crippen molar-refractivity contribution < 1.29 is 4.79 Å². The van der Waals surface area contributed by atoms with E-state index < -0.39 is 5.41 Å². The van der Waals surface area contributed by atoms with Gasteiger partial charge in [-0.15, -0.1) is 0 Å². The first-order valence-corrected chi connectivity index (χ1v) is 9.63. The molecule has 0 atom stereocenters. The summed E-state index contributed by atoms with van der Waals surface area (Å²) >= 11 is 0. The maximum absolute atomic E-state index is 11.9. The number of nitrogens with zero attached hydrogens (tertiary/aromatic N) is 1. The monoisotopic (exact) mass is 360 g/mol. The van der Waals surface area contributed by atoms with Gasteiger partial charge in [-0.3, -0.25) is 9.79 Å². The van der Waals surface area contributed by atoms with Crippen molar-refractivity contribution in [2.24, 2.45) is 10.4 Å². The Labute approximate surface area is 159 Å². The van der Waals surface area contributed by atoms with Gasteiger partial charge in [0.25, 0.3) is 0 Å². The van der Waals surface area contributed by atoms with Crippen LogP contribution in [0, 0.1) is 5.41 Å². The average molecular weight is 361 g/mol. The minimum Gasteiger partial charge on any atom is -0.359 e. The van der Waals surface area contributed by atoms with Gasteiger partial charge >= 0.3 is 0 Å². The Morgan fingerprint density at radius 3 is 2.35 bits per heavy atom. The summed E-state index contributed by atoms with van der Waals surface area (Å²) < 4.78 is 0. The predicted octanol–water partition coefficient (Wildman–Crippen LogP) is 3.07. The smallest absolute Gasteiger partial charge is 0.227 e. The number of nitrogens with one attached hydrogen (secondary N) is 3. The molecule has 0 radical (unpaired) electrons. The number of aryl methyl sites for hydroxylation is 1. The van der Waals surface area contributed by atoms with Crippen LogP contribution in [0.5, 0.6) is 0 Å². The maximum atomic E-state index is 11.9. The van der Waals surface area contributed by atoms with Crippen molar-refractivity contribution in [2.45, 2.75) is 53.4 Å². The van der Waals surface area contributed by atoms with Crippen LogP contribution in [0.2, 0.25) is 0 Å². The van der Waals surface area contributed by atoms with E-state index >= 15 is 0 Å². The van der Waals surface area contributed by atoms with E-state index in [0.717, 1.165) is 31.9 Å². The molecule has 1 aromatic carbocycles. The van der Waals surface area contributed by atoms with Crippen molar-refractivity contribution >= 4 is 11.9 Å².